The van der Waals surface area contributed by atoms with E-state index in [1.807, 2.05) is 36.7 Å². The van der Waals surface area contributed by atoms with E-state index < -0.39 is 0 Å². The minimum Gasteiger partial charge on any atom is -0.456 e. The first kappa shape index (κ1) is 38.0. The fourth-order valence-electron chi connectivity index (χ4n) is 10.6. The van der Waals surface area contributed by atoms with Gasteiger partial charge in [-0.1, -0.05) is 133 Å². The van der Waals surface area contributed by atoms with Crippen molar-refractivity contribution in [1.82, 2.24) is 15.0 Å². The second-order valence-electron chi connectivity index (χ2n) is 17.6. The summed E-state index contributed by atoms with van der Waals surface area (Å²) in [7, 11) is 0. The molecule has 7 nitrogen and oxygen atoms in total. The summed E-state index contributed by atoms with van der Waals surface area (Å²) in [6.45, 7) is 0. The van der Waals surface area contributed by atoms with Crippen LogP contribution in [0, 0.1) is 0 Å². The van der Waals surface area contributed by atoms with Crippen molar-refractivity contribution in [2.75, 3.05) is 9.80 Å². The summed E-state index contributed by atoms with van der Waals surface area (Å²) in [5, 5.41) is 14.2. The maximum Gasteiger partial charge on any atom is 0.236 e. The second kappa shape index (κ2) is 14.7. The lowest BCUT2D eigenvalue weighted by Crippen LogP contribution is -2.14. The van der Waals surface area contributed by atoms with Crippen LogP contribution in [0.15, 0.2) is 221 Å². The Kier molecular flexibility index (Phi) is 8.10. The van der Waals surface area contributed by atoms with Gasteiger partial charge in [0.2, 0.25) is 5.95 Å². The van der Waals surface area contributed by atoms with Gasteiger partial charge in [-0.25, -0.2) is 9.97 Å². The van der Waals surface area contributed by atoms with Gasteiger partial charge >= 0.3 is 0 Å². The molecule has 0 amide bonds. The number of fused-ring (bicyclic) bond motifs is 13. The van der Waals surface area contributed by atoms with Crippen LogP contribution in [0.1, 0.15) is 0 Å². The summed E-state index contributed by atoms with van der Waals surface area (Å²) in [4.78, 5) is 21.3. The Balaban J connectivity index is 0.949. The molecule has 8 heteroatoms. The van der Waals surface area contributed by atoms with E-state index in [-0.39, 0.29) is 0 Å². The van der Waals surface area contributed by atoms with Gasteiger partial charge in [-0.3, -0.25) is 9.88 Å². The van der Waals surface area contributed by atoms with Gasteiger partial charge in [0, 0.05) is 67.1 Å². The number of nitrogens with zero attached hydrogens (tertiary/aromatic N) is 5. The van der Waals surface area contributed by atoms with Gasteiger partial charge in [0.25, 0.3) is 0 Å². The van der Waals surface area contributed by atoms with Crippen LogP contribution in [0.4, 0.5) is 34.4 Å². The number of benzene rings is 10. The SMILES string of the molecule is c1ccc2c(N(c3ccc4c(c3)oc3ccccc34)c3cnc4c(c3)sc3nc(N(c5ccc6c(c5)oc5ccccc56)c5c6ccccc6cc6ccccc56)ncc34)c3ccccc3cc2c1. The van der Waals surface area contributed by atoms with E-state index in [4.69, 9.17) is 23.8 Å². The Morgan fingerprint density at radius 1 is 0.348 bits per heavy atom. The molecular weight excluding hydrogens is 867 g/mol. The average molecular weight is 902 g/mol. The van der Waals surface area contributed by atoms with E-state index in [1.165, 1.54) is 0 Å². The highest BCUT2D eigenvalue weighted by Gasteiger charge is 2.25. The van der Waals surface area contributed by atoms with Crippen molar-refractivity contribution in [3.05, 3.63) is 213 Å². The molecule has 10 aromatic carbocycles. The lowest BCUT2D eigenvalue weighted by Gasteiger charge is -2.28. The van der Waals surface area contributed by atoms with Crippen LogP contribution in [0.25, 0.3) is 107 Å². The molecule has 322 valence electrons. The van der Waals surface area contributed by atoms with Crippen molar-refractivity contribution in [1.29, 1.82) is 0 Å². The largest absolute Gasteiger partial charge is 0.456 e. The molecule has 15 rings (SSSR count). The van der Waals surface area contributed by atoms with Gasteiger partial charge < -0.3 is 13.7 Å². The number of rotatable bonds is 6. The lowest BCUT2D eigenvalue weighted by molar-refractivity contribution is 0.668. The predicted octanol–water partition coefficient (Wildman–Crippen LogP) is 17.6. The van der Waals surface area contributed by atoms with Crippen LogP contribution in [0.5, 0.6) is 0 Å². The topological polar surface area (TPSA) is 71.4 Å². The minimum atomic E-state index is 0.550. The number of pyridine rings is 1. The molecule has 0 fully saturated rings. The third-order valence-corrected chi connectivity index (χ3v) is 14.7. The quantitative estimate of drug-likeness (QED) is 0.154. The van der Waals surface area contributed by atoms with Crippen LogP contribution in [-0.4, -0.2) is 15.0 Å². The Hall–Kier alpha value is -9.11. The summed E-state index contributed by atoms with van der Waals surface area (Å²) in [5.74, 6) is 0.550. The zero-order valence-corrected chi connectivity index (χ0v) is 37.5. The highest BCUT2D eigenvalue weighted by atomic mass is 32.1. The highest BCUT2D eigenvalue weighted by Crippen LogP contribution is 2.48. The molecule has 0 radical (unpaired) electrons. The zero-order chi connectivity index (χ0) is 45.2. The summed E-state index contributed by atoms with van der Waals surface area (Å²) in [6.07, 6.45) is 3.92. The monoisotopic (exact) mass is 901 g/mol. The van der Waals surface area contributed by atoms with Crippen LogP contribution in [-0.2, 0) is 0 Å². The van der Waals surface area contributed by atoms with Crippen molar-refractivity contribution >= 4 is 153 Å². The molecule has 0 unspecified atom stereocenters. The Morgan fingerprint density at radius 2 is 0.797 bits per heavy atom. The fourth-order valence-corrected chi connectivity index (χ4v) is 11.6. The predicted molar refractivity (Wildman–Crippen MR) is 287 cm³/mol. The van der Waals surface area contributed by atoms with Crippen LogP contribution >= 0.6 is 11.3 Å². The van der Waals surface area contributed by atoms with Crippen LogP contribution < -0.4 is 9.80 Å². The Bertz CT molecular complexity index is 4210. The van der Waals surface area contributed by atoms with Crippen molar-refractivity contribution in [3.8, 4) is 0 Å². The first-order chi connectivity index (χ1) is 34.2. The molecule has 0 bridgehead atoms. The minimum absolute atomic E-state index is 0.550. The third-order valence-electron chi connectivity index (χ3n) is 13.7. The zero-order valence-electron chi connectivity index (χ0n) is 36.7. The molecule has 0 saturated heterocycles. The molecule has 0 saturated carbocycles. The average Bonchev–Trinajstić information content (AvgIpc) is 4.09. The molecule has 5 heterocycles. The Morgan fingerprint density at radius 3 is 1.33 bits per heavy atom. The van der Waals surface area contributed by atoms with E-state index >= 15 is 0 Å². The van der Waals surface area contributed by atoms with E-state index in [1.54, 1.807) is 11.3 Å². The normalized spacial score (nSPS) is 12.1. The van der Waals surface area contributed by atoms with Crippen LogP contribution in [0.2, 0.25) is 0 Å². The standard InChI is InChI=1S/C61H35N5O2S/c1-5-17-43-36(13-1)29-37-14-2-6-18-44(37)58(43)65(40-25-27-49-47-21-9-11-23-52(47)67-54(49)31-40)42-33-56-57(62-34-42)51-35-63-61(64-60(51)69-56)66(41-26-28-50-48-22-10-12-24-53(48)68-55(50)32-41)59-45-19-7-3-15-38(45)30-39-16-4-8-20-46(39)59/h1-35H. The van der Waals surface area contributed by atoms with E-state index in [9.17, 15) is 0 Å². The van der Waals surface area contributed by atoms with Gasteiger partial charge in [0.1, 0.15) is 27.2 Å². The summed E-state index contributed by atoms with van der Waals surface area (Å²) in [6, 6.07) is 70.5. The molecule has 0 aliphatic heterocycles. The number of para-hydroxylation sites is 2. The number of thiophene rings is 1. The van der Waals surface area contributed by atoms with Crippen molar-refractivity contribution in [3.63, 3.8) is 0 Å². The van der Waals surface area contributed by atoms with Crippen molar-refractivity contribution < 1.29 is 8.83 Å². The van der Waals surface area contributed by atoms with E-state index in [2.05, 4.69) is 186 Å². The van der Waals surface area contributed by atoms with Gasteiger partial charge in [0.05, 0.1) is 44.5 Å². The Labute approximate surface area is 397 Å². The number of hydrogen-bond acceptors (Lipinski definition) is 8. The maximum atomic E-state index is 6.51. The van der Waals surface area contributed by atoms with Gasteiger partial charge in [0.15, 0.2) is 0 Å². The fraction of sp³-hybridized carbons (Fsp3) is 0. The van der Waals surface area contributed by atoms with Gasteiger partial charge in [-0.05, 0) is 76.1 Å². The summed E-state index contributed by atoms with van der Waals surface area (Å²) in [5.41, 5.74) is 9.04. The second-order valence-corrected chi connectivity index (χ2v) is 18.6. The van der Waals surface area contributed by atoms with E-state index in [0.717, 1.165) is 136 Å². The van der Waals surface area contributed by atoms with Gasteiger partial charge in [-0.15, -0.1) is 11.3 Å². The van der Waals surface area contributed by atoms with Crippen LogP contribution in [0.3, 0.4) is 0 Å². The molecule has 69 heavy (non-hydrogen) atoms. The molecule has 0 spiro atoms. The van der Waals surface area contributed by atoms with E-state index in [0.29, 0.717) is 5.95 Å². The highest BCUT2D eigenvalue weighted by molar-refractivity contribution is 7.25. The smallest absolute Gasteiger partial charge is 0.236 e. The number of aromatic nitrogens is 3. The number of hydrogen-bond donors (Lipinski definition) is 0. The lowest BCUT2D eigenvalue weighted by atomic mass is 9.99. The molecular formula is C61H35N5O2S. The molecule has 0 N–H and O–H groups in total. The number of anilines is 6. The number of furan rings is 2. The van der Waals surface area contributed by atoms with Crippen molar-refractivity contribution in [2.24, 2.45) is 0 Å². The molecule has 15 aromatic rings. The third kappa shape index (κ3) is 5.82. The first-order valence-electron chi connectivity index (χ1n) is 23.0. The summed E-state index contributed by atoms with van der Waals surface area (Å²) >= 11 is 1.63. The molecule has 5 aromatic heterocycles. The maximum absolute atomic E-state index is 6.51. The molecule has 0 atom stereocenters. The first-order valence-corrected chi connectivity index (χ1v) is 23.8. The molecule has 0 aliphatic carbocycles. The van der Waals surface area contributed by atoms with Crippen molar-refractivity contribution in [2.45, 2.75) is 0 Å². The van der Waals surface area contributed by atoms with Gasteiger partial charge in [-0.2, -0.15) is 0 Å². The summed E-state index contributed by atoms with van der Waals surface area (Å²) < 4.78 is 14.0. The molecule has 0 aliphatic rings.